The quantitative estimate of drug-likeness (QED) is 0.191. The third kappa shape index (κ3) is 7.92. The van der Waals surface area contributed by atoms with Crippen molar-refractivity contribution < 1.29 is 18.0 Å². The number of hydrogen-bond acceptors (Lipinski definition) is 4. The summed E-state index contributed by atoms with van der Waals surface area (Å²) in [6.45, 7) is 2.77. The highest BCUT2D eigenvalue weighted by Gasteiger charge is 2.33. The first-order valence-corrected chi connectivity index (χ1v) is 14.4. The molecule has 0 spiro atoms. The van der Waals surface area contributed by atoms with Crippen LogP contribution in [0.25, 0.3) is 11.1 Å². The van der Waals surface area contributed by atoms with Gasteiger partial charge in [0.05, 0.1) is 16.7 Å². The smallest absolute Gasteiger partial charge is 0.309 e. The molecule has 41 heavy (non-hydrogen) atoms. The standard InChI is InChI=1S/C31H37F3N5OP/c1-5-26-28(29(41)35-2)24(18-27(38-26)21-8-9-21)19-10-13-22(14-11-19)36-30(40)37-23-15-12-20(7-6-16-39(3)4)25(17-23)31(32,33)34/h10-15,17-18,21H,5-9,16,41H2,1-4H3,(H2,36,37,40). The Bertz CT molecular complexity index is 1420. The highest BCUT2D eigenvalue weighted by Crippen LogP contribution is 2.42. The second-order valence-corrected chi connectivity index (χ2v) is 11.1. The summed E-state index contributed by atoms with van der Waals surface area (Å²) < 4.78 is 41.2. The van der Waals surface area contributed by atoms with Gasteiger partial charge in [0.1, 0.15) is 0 Å². The lowest BCUT2D eigenvalue weighted by molar-refractivity contribution is -0.138. The Kier molecular flexibility index (Phi) is 9.82. The lowest BCUT2D eigenvalue weighted by Crippen LogP contribution is -2.20. The molecule has 1 saturated carbocycles. The fourth-order valence-corrected chi connectivity index (χ4v) is 5.16. The zero-order valence-electron chi connectivity index (χ0n) is 23.9. The zero-order chi connectivity index (χ0) is 29.7. The number of aryl methyl sites for hydroxylation is 2. The minimum Gasteiger partial charge on any atom is -0.309 e. The van der Waals surface area contributed by atoms with E-state index in [9.17, 15) is 18.0 Å². The minimum atomic E-state index is -4.51. The normalized spacial score (nSPS) is 13.9. The summed E-state index contributed by atoms with van der Waals surface area (Å²) >= 11 is 0. The number of aliphatic imine (C=N–C) groups is 1. The number of aromatic nitrogens is 1. The lowest BCUT2D eigenvalue weighted by Gasteiger charge is -2.17. The highest BCUT2D eigenvalue weighted by atomic mass is 31.0. The predicted molar refractivity (Wildman–Crippen MR) is 164 cm³/mol. The van der Waals surface area contributed by atoms with Crippen LogP contribution in [0.4, 0.5) is 29.3 Å². The van der Waals surface area contributed by atoms with Gasteiger partial charge < -0.3 is 15.5 Å². The van der Waals surface area contributed by atoms with E-state index >= 15 is 0 Å². The van der Waals surface area contributed by atoms with Crippen LogP contribution >= 0.6 is 9.24 Å². The van der Waals surface area contributed by atoms with E-state index in [2.05, 4.69) is 37.9 Å². The SMILES string of the molecule is CCc1nc(C2CC2)cc(-c2ccc(NC(=O)Nc3ccc(CCCN(C)C)c(C(F)(F)F)c3)cc2)c1C(P)=NC. The van der Waals surface area contributed by atoms with Gasteiger partial charge in [-0.15, -0.1) is 0 Å². The van der Waals surface area contributed by atoms with Gasteiger partial charge in [0, 0.05) is 35.6 Å². The van der Waals surface area contributed by atoms with Crippen molar-refractivity contribution >= 4 is 32.1 Å². The van der Waals surface area contributed by atoms with Crippen LogP contribution in [0.1, 0.15) is 60.2 Å². The van der Waals surface area contributed by atoms with E-state index in [1.807, 2.05) is 31.1 Å². The molecule has 1 heterocycles. The average Bonchev–Trinajstić information content (AvgIpc) is 3.78. The summed E-state index contributed by atoms with van der Waals surface area (Å²) in [5, 5.41) is 5.26. The minimum absolute atomic E-state index is 0.0794. The fraction of sp³-hybridized carbons (Fsp3) is 0.387. The van der Waals surface area contributed by atoms with E-state index < -0.39 is 17.8 Å². The summed E-state index contributed by atoms with van der Waals surface area (Å²) in [6, 6.07) is 12.9. The van der Waals surface area contributed by atoms with Gasteiger partial charge >= 0.3 is 12.2 Å². The third-order valence-electron chi connectivity index (χ3n) is 7.12. The Balaban J connectivity index is 1.51. The predicted octanol–water partition coefficient (Wildman–Crippen LogP) is 7.60. The molecule has 1 aromatic heterocycles. The maximum atomic E-state index is 13.7. The van der Waals surface area contributed by atoms with Crippen molar-refractivity contribution in [1.29, 1.82) is 0 Å². The summed E-state index contributed by atoms with van der Waals surface area (Å²) in [4.78, 5) is 23.9. The summed E-state index contributed by atoms with van der Waals surface area (Å²) in [7, 11) is 8.22. The second kappa shape index (κ2) is 13.1. The molecule has 3 aromatic rings. The molecule has 1 aliphatic carbocycles. The maximum Gasteiger partial charge on any atom is 0.416 e. The molecule has 2 aromatic carbocycles. The number of alkyl halides is 3. The summed E-state index contributed by atoms with van der Waals surface area (Å²) in [6.07, 6.45) is -0.540. The monoisotopic (exact) mass is 583 g/mol. The number of carbonyl (C=O) groups is 1. The van der Waals surface area contributed by atoms with Crippen LogP contribution in [0.2, 0.25) is 0 Å². The zero-order valence-corrected chi connectivity index (χ0v) is 25.1. The second-order valence-electron chi connectivity index (χ2n) is 10.6. The number of urea groups is 1. The molecule has 1 aliphatic rings. The Morgan fingerprint density at radius 2 is 1.73 bits per heavy atom. The van der Waals surface area contributed by atoms with E-state index in [1.54, 1.807) is 19.2 Å². The maximum absolute atomic E-state index is 13.7. The van der Waals surface area contributed by atoms with Gasteiger partial charge in [-0.05, 0) is 99.8 Å². The van der Waals surface area contributed by atoms with E-state index in [1.165, 1.54) is 12.1 Å². The number of rotatable bonds is 10. The van der Waals surface area contributed by atoms with Gasteiger partial charge in [-0.3, -0.25) is 9.98 Å². The van der Waals surface area contributed by atoms with E-state index in [0.717, 1.165) is 58.9 Å². The van der Waals surface area contributed by atoms with E-state index in [-0.39, 0.29) is 11.3 Å². The highest BCUT2D eigenvalue weighted by molar-refractivity contribution is 7.42. The molecule has 4 rings (SSSR count). The Labute approximate surface area is 242 Å². The molecule has 0 aliphatic heterocycles. The van der Waals surface area contributed by atoms with Gasteiger partial charge in [0.2, 0.25) is 0 Å². The Morgan fingerprint density at radius 3 is 2.32 bits per heavy atom. The summed E-state index contributed by atoms with van der Waals surface area (Å²) in [5.41, 5.74) is 6.01. The molecule has 0 radical (unpaired) electrons. The van der Waals surface area contributed by atoms with Crippen LogP contribution in [-0.2, 0) is 19.0 Å². The third-order valence-corrected chi connectivity index (χ3v) is 7.67. The number of anilines is 2. The number of amides is 2. The molecule has 1 atom stereocenters. The first-order chi connectivity index (χ1) is 19.5. The van der Waals surface area contributed by atoms with Crippen molar-refractivity contribution in [3.8, 4) is 11.1 Å². The van der Waals surface area contributed by atoms with Crippen molar-refractivity contribution in [2.45, 2.75) is 51.1 Å². The number of carbonyl (C=O) groups excluding carboxylic acids is 1. The average molecular weight is 584 g/mol. The molecule has 1 unspecified atom stereocenters. The van der Waals surface area contributed by atoms with Crippen LogP contribution in [0, 0.1) is 0 Å². The molecule has 0 bridgehead atoms. The van der Waals surface area contributed by atoms with Crippen molar-refractivity contribution in [1.82, 2.24) is 9.88 Å². The molecule has 0 saturated heterocycles. The first-order valence-electron chi connectivity index (χ1n) is 13.8. The number of hydrogen-bond donors (Lipinski definition) is 2. The van der Waals surface area contributed by atoms with Crippen LogP contribution in [0.15, 0.2) is 53.5 Å². The molecule has 2 amide bonds. The molecule has 1 fully saturated rings. The van der Waals surface area contributed by atoms with Crippen LogP contribution < -0.4 is 10.6 Å². The largest absolute Gasteiger partial charge is 0.416 e. The number of nitrogens with one attached hydrogen (secondary N) is 2. The lowest BCUT2D eigenvalue weighted by atomic mass is 9.96. The van der Waals surface area contributed by atoms with Crippen molar-refractivity contribution in [3.05, 3.63) is 76.6 Å². The molecular formula is C31H37F3N5OP. The molecule has 2 N–H and O–H groups in total. The number of benzene rings is 2. The van der Waals surface area contributed by atoms with E-state index in [4.69, 9.17) is 4.98 Å². The fourth-order valence-electron chi connectivity index (χ4n) is 4.84. The van der Waals surface area contributed by atoms with Crippen molar-refractivity contribution in [2.24, 2.45) is 4.99 Å². The van der Waals surface area contributed by atoms with Gasteiger partial charge in [-0.1, -0.05) is 34.4 Å². The van der Waals surface area contributed by atoms with Crippen LogP contribution in [0.3, 0.4) is 0 Å². The summed E-state index contributed by atoms with van der Waals surface area (Å²) in [5.74, 6) is 0.495. The topological polar surface area (TPSA) is 69.6 Å². The van der Waals surface area contributed by atoms with Gasteiger partial charge in [0.15, 0.2) is 0 Å². The number of nitrogens with zero attached hydrogens (tertiary/aromatic N) is 3. The van der Waals surface area contributed by atoms with Gasteiger partial charge in [-0.25, -0.2) is 4.79 Å². The van der Waals surface area contributed by atoms with Crippen LogP contribution in [-0.4, -0.2) is 49.1 Å². The Morgan fingerprint density at radius 1 is 1.07 bits per heavy atom. The Hall–Kier alpha value is -3.29. The number of pyridine rings is 1. The van der Waals surface area contributed by atoms with Crippen LogP contribution in [0.5, 0.6) is 0 Å². The van der Waals surface area contributed by atoms with E-state index in [0.29, 0.717) is 31.0 Å². The first kappa shape index (κ1) is 30.7. The molecule has 6 nitrogen and oxygen atoms in total. The van der Waals surface area contributed by atoms with Crippen molar-refractivity contribution in [3.63, 3.8) is 0 Å². The van der Waals surface area contributed by atoms with Gasteiger partial charge in [-0.2, -0.15) is 13.2 Å². The molecule has 218 valence electrons. The van der Waals surface area contributed by atoms with Gasteiger partial charge in [0.25, 0.3) is 0 Å². The van der Waals surface area contributed by atoms with Crippen molar-refractivity contribution in [2.75, 3.05) is 38.3 Å². The number of halogens is 3. The molecule has 10 heteroatoms. The molecular weight excluding hydrogens is 546 g/mol.